The van der Waals surface area contributed by atoms with Crippen molar-refractivity contribution in [2.75, 3.05) is 23.7 Å². The number of nitrogens with zero attached hydrogens (tertiary/aromatic N) is 3. The van der Waals surface area contributed by atoms with Crippen LogP contribution in [0.5, 0.6) is 0 Å². The Bertz CT molecular complexity index is 1100. The number of likely N-dealkylation sites (tertiary alicyclic amines) is 1. The number of carbonyl (C=O) groups excluding carboxylic acids is 1. The van der Waals surface area contributed by atoms with Crippen LogP contribution in [0.2, 0.25) is 0 Å². The highest BCUT2D eigenvalue weighted by atomic mass is 16.2. The molecule has 0 radical (unpaired) electrons. The number of amides is 1. The van der Waals surface area contributed by atoms with Gasteiger partial charge in [0.1, 0.15) is 11.4 Å². The van der Waals surface area contributed by atoms with Gasteiger partial charge in [-0.2, -0.15) is 0 Å². The van der Waals surface area contributed by atoms with Gasteiger partial charge >= 0.3 is 0 Å². The van der Waals surface area contributed by atoms with Gasteiger partial charge in [-0.15, -0.1) is 0 Å². The molecule has 0 aliphatic carbocycles. The van der Waals surface area contributed by atoms with E-state index < -0.39 is 5.54 Å². The van der Waals surface area contributed by atoms with E-state index in [4.69, 9.17) is 4.99 Å². The van der Waals surface area contributed by atoms with Crippen molar-refractivity contribution < 1.29 is 4.79 Å². The van der Waals surface area contributed by atoms with E-state index >= 15 is 0 Å². The maximum atomic E-state index is 13.2. The molecule has 0 bridgehead atoms. The number of benzene rings is 2. The molecule has 3 aromatic rings. The molecule has 3 heterocycles. The fraction of sp³-hybridized carbons (Fsp3) is 0.240. The molecule has 2 N–H and O–H groups in total. The maximum absolute atomic E-state index is 13.2. The second-order valence-corrected chi connectivity index (χ2v) is 8.09. The molecule has 0 saturated carbocycles. The van der Waals surface area contributed by atoms with Gasteiger partial charge in [0.25, 0.3) is 5.91 Å². The van der Waals surface area contributed by atoms with Crippen LogP contribution in [0.3, 0.4) is 0 Å². The summed E-state index contributed by atoms with van der Waals surface area (Å²) in [7, 11) is 0. The number of carbonyl (C=O) groups is 1. The zero-order valence-electron chi connectivity index (χ0n) is 17.3. The third-order valence-electron chi connectivity index (χ3n) is 5.98. The van der Waals surface area contributed by atoms with E-state index in [9.17, 15) is 4.79 Å². The second-order valence-electron chi connectivity index (χ2n) is 8.09. The Morgan fingerprint density at radius 2 is 1.74 bits per heavy atom. The largest absolute Gasteiger partial charge is 0.370 e. The van der Waals surface area contributed by atoms with Crippen molar-refractivity contribution in [2.45, 2.75) is 24.9 Å². The Hall–Kier alpha value is -3.67. The Morgan fingerprint density at radius 1 is 1.00 bits per heavy atom. The molecule has 1 unspecified atom stereocenters. The summed E-state index contributed by atoms with van der Waals surface area (Å²) in [4.78, 5) is 24.1. The van der Waals surface area contributed by atoms with Crippen molar-refractivity contribution in [3.63, 3.8) is 0 Å². The van der Waals surface area contributed by atoms with Crippen molar-refractivity contribution in [3.05, 3.63) is 90.3 Å². The summed E-state index contributed by atoms with van der Waals surface area (Å²) < 4.78 is 0. The van der Waals surface area contributed by atoms with Gasteiger partial charge in [0.2, 0.25) is 0 Å². The summed E-state index contributed by atoms with van der Waals surface area (Å²) in [5.41, 5.74) is 3.44. The van der Waals surface area contributed by atoms with Gasteiger partial charge in [-0.25, -0.2) is 0 Å². The van der Waals surface area contributed by atoms with Crippen molar-refractivity contribution >= 4 is 23.1 Å². The zero-order valence-corrected chi connectivity index (χ0v) is 17.3. The average Bonchev–Trinajstić information content (AvgIpc) is 2.83. The first-order chi connectivity index (χ1) is 15.2. The van der Waals surface area contributed by atoms with E-state index in [0.29, 0.717) is 18.7 Å². The van der Waals surface area contributed by atoms with Gasteiger partial charge in [-0.1, -0.05) is 42.5 Å². The Kier molecular flexibility index (Phi) is 5.12. The normalized spacial score (nSPS) is 21.3. The van der Waals surface area contributed by atoms with Gasteiger partial charge < -0.3 is 15.5 Å². The number of aromatic nitrogens is 1. The lowest BCUT2D eigenvalue weighted by atomic mass is 9.84. The van der Waals surface area contributed by atoms with Crippen molar-refractivity contribution in [1.29, 1.82) is 0 Å². The number of hydrogen-bond acceptors (Lipinski definition) is 4. The number of anilines is 2. The van der Waals surface area contributed by atoms with Crippen LogP contribution in [0.25, 0.3) is 0 Å². The number of para-hydroxylation sites is 2. The number of fused-ring (bicyclic) bond motifs is 1. The predicted octanol–water partition coefficient (Wildman–Crippen LogP) is 4.19. The molecule has 2 aliphatic heterocycles. The van der Waals surface area contributed by atoms with E-state index in [-0.39, 0.29) is 5.91 Å². The first-order valence-electron chi connectivity index (χ1n) is 10.7. The predicted molar refractivity (Wildman–Crippen MR) is 123 cm³/mol. The summed E-state index contributed by atoms with van der Waals surface area (Å²) in [6.07, 6.45) is 5.13. The van der Waals surface area contributed by atoms with Crippen molar-refractivity contribution in [3.8, 4) is 0 Å². The quantitative estimate of drug-likeness (QED) is 0.678. The zero-order chi connectivity index (χ0) is 21.1. The highest BCUT2D eigenvalue weighted by Gasteiger charge is 2.44. The fourth-order valence-corrected chi connectivity index (χ4v) is 4.41. The molecule has 5 rings (SSSR count). The van der Waals surface area contributed by atoms with E-state index in [2.05, 4.69) is 39.9 Å². The molecular weight excluding hydrogens is 386 g/mol. The molecular formula is C25H25N5O. The second kappa shape index (κ2) is 8.22. The Balaban J connectivity index is 1.48. The monoisotopic (exact) mass is 411 g/mol. The number of amidine groups is 1. The summed E-state index contributed by atoms with van der Waals surface area (Å²) in [5, 5.41) is 7.30. The molecule has 1 spiro atoms. The lowest BCUT2D eigenvalue weighted by molar-refractivity contribution is 0.0694. The van der Waals surface area contributed by atoms with E-state index in [1.807, 2.05) is 35.2 Å². The molecule has 156 valence electrons. The van der Waals surface area contributed by atoms with Crippen molar-refractivity contribution in [1.82, 2.24) is 9.88 Å². The molecule has 2 aliphatic rings. The lowest BCUT2D eigenvalue weighted by Crippen LogP contribution is -2.62. The molecule has 1 fully saturated rings. The molecule has 2 aromatic carbocycles. The summed E-state index contributed by atoms with van der Waals surface area (Å²) in [6.45, 7) is 1.88. The van der Waals surface area contributed by atoms with Crippen LogP contribution >= 0.6 is 0 Å². The first kappa shape index (κ1) is 19.3. The third kappa shape index (κ3) is 3.89. The number of rotatable bonds is 3. The van der Waals surface area contributed by atoms with Crippen LogP contribution in [0, 0.1) is 0 Å². The SMILES string of the molecule is O=C(c1ccncc1)N1CCCC2(C1)Nc1ccccc1NC2=NCc1ccccc1. The number of aliphatic imine (C=N–C) groups is 1. The lowest BCUT2D eigenvalue weighted by Gasteiger charge is -2.47. The van der Waals surface area contributed by atoms with Gasteiger partial charge in [0.15, 0.2) is 0 Å². The van der Waals surface area contributed by atoms with Gasteiger partial charge in [0, 0.05) is 24.5 Å². The molecule has 1 saturated heterocycles. The van der Waals surface area contributed by atoms with Crippen LogP contribution in [0.15, 0.2) is 84.1 Å². The van der Waals surface area contributed by atoms with E-state index in [1.165, 1.54) is 0 Å². The summed E-state index contributed by atoms with van der Waals surface area (Å²) >= 11 is 0. The minimum atomic E-state index is -0.440. The van der Waals surface area contributed by atoms with Crippen molar-refractivity contribution in [2.24, 2.45) is 4.99 Å². The molecule has 6 heteroatoms. The third-order valence-corrected chi connectivity index (χ3v) is 5.98. The average molecular weight is 412 g/mol. The number of pyridine rings is 1. The first-order valence-corrected chi connectivity index (χ1v) is 10.7. The summed E-state index contributed by atoms with van der Waals surface area (Å²) in [5.74, 6) is 0.923. The molecule has 6 nitrogen and oxygen atoms in total. The van der Waals surface area contributed by atoms with Crippen LogP contribution in [0.1, 0.15) is 28.8 Å². The minimum Gasteiger partial charge on any atom is -0.370 e. The van der Waals surface area contributed by atoms with Gasteiger partial charge in [0.05, 0.1) is 24.5 Å². The van der Waals surface area contributed by atoms with Crippen LogP contribution in [0.4, 0.5) is 11.4 Å². The maximum Gasteiger partial charge on any atom is 0.254 e. The molecule has 1 aromatic heterocycles. The van der Waals surface area contributed by atoms with E-state index in [0.717, 1.165) is 42.2 Å². The highest BCUT2D eigenvalue weighted by molar-refractivity contribution is 6.10. The standard InChI is InChI=1S/C25H25N5O/c31-23(20-11-14-26-15-12-20)30-16-6-13-25(18-30)24(27-17-19-7-2-1-3-8-19)28-21-9-4-5-10-22(21)29-25/h1-5,7-12,14-15,29H,6,13,16-18H2,(H,27,28). The minimum absolute atomic E-state index is 0.0320. The van der Waals surface area contributed by atoms with Crippen LogP contribution < -0.4 is 10.6 Å². The fourth-order valence-electron chi connectivity index (χ4n) is 4.41. The Labute approximate surface area is 182 Å². The smallest absolute Gasteiger partial charge is 0.254 e. The van der Waals surface area contributed by atoms with Crippen LogP contribution in [-0.4, -0.2) is 40.3 Å². The molecule has 31 heavy (non-hydrogen) atoms. The van der Waals surface area contributed by atoms with E-state index in [1.54, 1.807) is 24.5 Å². The number of nitrogens with one attached hydrogen (secondary N) is 2. The topological polar surface area (TPSA) is 69.6 Å². The van der Waals surface area contributed by atoms with Gasteiger partial charge in [-0.3, -0.25) is 14.8 Å². The van der Waals surface area contributed by atoms with Crippen LogP contribution in [-0.2, 0) is 6.54 Å². The Morgan fingerprint density at radius 3 is 2.55 bits per heavy atom. The number of hydrogen-bond donors (Lipinski definition) is 2. The highest BCUT2D eigenvalue weighted by Crippen LogP contribution is 2.36. The number of piperidine rings is 1. The molecule has 1 atom stereocenters. The molecule has 1 amide bonds. The summed E-state index contributed by atoms with van der Waals surface area (Å²) in [6, 6.07) is 22.0. The van der Waals surface area contributed by atoms with Gasteiger partial charge in [-0.05, 0) is 42.7 Å².